The van der Waals surface area contributed by atoms with Crippen molar-refractivity contribution in [2.45, 2.75) is 53.2 Å². The van der Waals surface area contributed by atoms with E-state index < -0.39 is 5.60 Å². The number of nitrogens with zero attached hydrogens (tertiary/aromatic N) is 3. The van der Waals surface area contributed by atoms with Gasteiger partial charge < -0.3 is 20.2 Å². The molecular formula is C19H31N5O2. The molecule has 2 heterocycles. The maximum atomic E-state index is 10.8. The van der Waals surface area contributed by atoms with Crippen molar-refractivity contribution in [3.8, 4) is 0 Å². The summed E-state index contributed by atoms with van der Waals surface area (Å²) >= 11 is 0. The van der Waals surface area contributed by atoms with Gasteiger partial charge in [-0.2, -0.15) is 5.10 Å². The third-order valence-corrected chi connectivity index (χ3v) is 4.13. The predicted octanol–water partition coefficient (Wildman–Crippen LogP) is 2.25. The van der Waals surface area contributed by atoms with Gasteiger partial charge >= 0.3 is 0 Å². The highest BCUT2D eigenvalue weighted by molar-refractivity contribution is 5.79. The van der Waals surface area contributed by atoms with E-state index in [1.165, 1.54) is 5.56 Å². The number of hydrogen-bond acceptors (Lipinski definition) is 4. The standard InChI is InChI=1S/C19H31N5O2/c1-6-20-18(21-8-7-9-24-12-14(2)11-23-24)22-13-19(5,25)17-10-15(3)26-16(17)4/h10-12,25H,6-9,13H2,1-5H3,(H2,20,21,22). The van der Waals surface area contributed by atoms with Gasteiger partial charge in [-0.3, -0.25) is 4.68 Å². The van der Waals surface area contributed by atoms with Crippen LogP contribution in [0, 0.1) is 20.8 Å². The fraction of sp³-hybridized carbons (Fsp3) is 0.579. The molecule has 26 heavy (non-hydrogen) atoms. The van der Waals surface area contributed by atoms with Gasteiger partial charge in [-0.15, -0.1) is 0 Å². The van der Waals surface area contributed by atoms with Gasteiger partial charge in [0.2, 0.25) is 0 Å². The quantitative estimate of drug-likeness (QED) is 0.381. The van der Waals surface area contributed by atoms with Gasteiger partial charge in [0.05, 0.1) is 12.7 Å². The van der Waals surface area contributed by atoms with Crippen molar-refractivity contribution in [2.24, 2.45) is 4.99 Å². The summed E-state index contributed by atoms with van der Waals surface area (Å²) in [5, 5.41) is 21.6. The first-order chi connectivity index (χ1) is 12.3. The number of rotatable bonds is 8. The molecule has 0 spiro atoms. The topological polar surface area (TPSA) is 87.6 Å². The number of aromatic nitrogens is 2. The Morgan fingerprint density at radius 3 is 2.69 bits per heavy atom. The predicted molar refractivity (Wildman–Crippen MR) is 103 cm³/mol. The van der Waals surface area contributed by atoms with Crippen LogP contribution in [0.25, 0.3) is 0 Å². The average Bonchev–Trinajstić information content (AvgIpc) is 3.14. The largest absolute Gasteiger partial charge is 0.466 e. The van der Waals surface area contributed by atoms with Gasteiger partial charge in [0.1, 0.15) is 17.1 Å². The summed E-state index contributed by atoms with van der Waals surface area (Å²) in [6.45, 7) is 12.2. The summed E-state index contributed by atoms with van der Waals surface area (Å²) in [4.78, 5) is 4.54. The van der Waals surface area contributed by atoms with Crippen molar-refractivity contribution >= 4 is 5.96 Å². The van der Waals surface area contributed by atoms with E-state index in [4.69, 9.17) is 4.42 Å². The number of aliphatic imine (C=N–C) groups is 1. The van der Waals surface area contributed by atoms with Crippen LogP contribution in [-0.2, 0) is 12.1 Å². The van der Waals surface area contributed by atoms with Crippen molar-refractivity contribution in [3.63, 3.8) is 0 Å². The zero-order chi connectivity index (χ0) is 19.2. The molecule has 3 N–H and O–H groups in total. The van der Waals surface area contributed by atoms with E-state index in [9.17, 15) is 5.11 Å². The molecule has 144 valence electrons. The Hall–Kier alpha value is -2.28. The third kappa shape index (κ3) is 5.62. The second kappa shape index (κ2) is 8.89. The minimum atomic E-state index is -1.07. The molecule has 0 aromatic carbocycles. The number of aryl methyl sites for hydroxylation is 4. The van der Waals surface area contributed by atoms with Crippen molar-refractivity contribution in [2.75, 3.05) is 19.6 Å². The van der Waals surface area contributed by atoms with E-state index in [2.05, 4.69) is 20.7 Å². The molecule has 7 heteroatoms. The molecule has 0 bridgehead atoms. The van der Waals surface area contributed by atoms with E-state index in [0.717, 1.165) is 43.1 Å². The van der Waals surface area contributed by atoms with Crippen LogP contribution in [0.3, 0.4) is 0 Å². The number of nitrogens with one attached hydrogen (secondary N) is 2. The fourth-order valence-corrected chi connectivity index (χ4v) is 2.86. The molecule has 1 unspecified atom stereocenters. The van der Waals surface area contributed by atoms with Crippen molar-refractivity contribution in [3.05, 3.63) is 41.1 Å². The zero-order valence-corrected chi connectivity index (χ0v) is 16.5. The molecule has 2 aromatic rings. The van der Waals surface area contributed by atoms with E-state index in [1.807, 2.05) is 50.8 Å². The number of furan rings is 1. The van der Waals surface area contributed by atoms with Crippen LogP contribution in [-0.4, -0.2) is 40.5 Å². The minimum absolute atomic E-state index is 0.250. The highest BCUT2D eigenvalue weighted by atomic mass is 16.3. The summed E-state index contributed by atoms with van der Waals surface area (Å²) < 4.78 is 7.47. The van der Waals surface area contributed by atoms with Gasteiger partial charge in [-0.1, -0.05) is 0 Å². The first-order valence-corrected chi connectivity index (χ1v) is 9.13. The number of guanidine groups is 1. The first-order valence-electron chi connectivity index (χ1n) is 9.13. The second-order valence-electron chi connectivity index (χ2n) is 6.86. The van der Waals surface area contributed by atoms with Gasteiger partial charge in [0.25, 0.3) is 0 Å². The lowest BCUT2D eigenvalue weighted by molar-refractivity contribution is 0.0657. The van der Waals surface area contributed by atoms with E-state index in [0.29, 0.717) is 5.96 Å². The summed E-state index contributed by atoms with van der Waals surface area (Å²) in [5.41, 5.74) is 0.875. The van der Waals surface area contributed by atoms with Crippen molar-refractivity contribution in [1.29, 1.82) is 0 Å². The van der Waals surface area contributed by atoms with Crippen LogP contribution >= 0.6 is 0 Å². The normalized spacial score (nSPS) is 14.3. The van der Waals surface area contributed by atoms with Gasteiger partial charge in [-0.05, 0) is 52.7 Å². The Labute approximate surface area is 155 Å². The SMILES string of the molecule is CCNC(=NCC(C)(O)c1cc(C)oc1C)NCCCn1cc(C)cn1. The second-order valence-corrected chi connectivity index (χ2v) is 6.86. The molecule has 0 fully saturated rings. The Morgan fingerprint density at radius 1 is 1.35 bits per heavy atom. The molecule has 1 atom stereocenters. The molecule has 0 radical (unpaired) electrons. The van der Waals surface area contributed by atoms with Crippen molar-refractivity contribution in [1.82, 2.24) is 20.4 Å². The van der Waals surface area contributed by atoms with Gasteiger partial charge in [0.15, 0.2) is 5.96 Å². The molecule has 0 amide bonds. The van der Waals surface area contributed by atoms with Gasteiger partial charge in [-0.25, -0.2) is 4.99 Å². The molecule has 0 aliphatic carbocycles. The zero-order valence-electron chi connectivity index (χ0n) is 16.5. The Morgan fingerprint density at radius 2 is 2.12 bits per heavy atom. The lowest BCUT2D eigenvalue weighted by Crippen LogP contribution is -2.39. The molecule has 0 aliphatic rings. The molecule has 0 saturated carbocycles. The maximum absolute atomic E-state index is 10.8. The fourth-order valence-electron chi connectivity index (χ4n) is 2.86. The molecule has 0 aliphatic heterocycles. The monoisotopic (exact) mass is 361 g/mol. The smallest absolute Gasteiger partial charge is 0.191 e. The molecular weight excluding hydrogens is 330 g/mol. The van der Waals surface area contributed by atoms with E-state index in [1.54, 1.807) is 6.92 Å². The third-order valence-electron chi connectivity index (χ3n) is 4.13. The lowest BCUT2D eigenvalue weighted by atomic mass is 9.96. The molecule has 2 aromatic heterocycles. The summed E-state index contributed by atoms with van der Waals surface area (Å²) in [6.07, 6.45) is 4.83. The Kier molecular flexibility index (Phi) is 6.85. The average molecular weight is 361 g/mol. The lowest BCUT2D eigenvalue weighted by Gasteiger charge is -2.21. The van der Waals surface area contributed by atoms with Gasteiger partial charge in [0, 0.05) is 31.4 Å². The van der Waals surface area contributed by atoms with Crippen LogP contribution in [0.2, 0.25) is 0 Å². The maximum Gasteiger partial charge on any atom is 0.191 e. The molecule has 0 saturated heterocycles. The van der Waals surface area contributed by atoms with Crippen molar-refractivity contribution < 1.29 is 9.52 Å². The van der Waals surface area contributed by atoms with Crippen LogP contribution in [0.1, 0.15) is 42.9 Å². The highest BCUT2D eigenvalue weighted by Crippen LogP contribution is 2.27. The molecule has 2 rings (SSSR count). The first kappa shape index (κ1) is 20.0. The Bertz CT molecular complexity index is 730. The highest BCUT2D eigenvalue weighted by Gasteiger charge is 2.27. The molecule has 7 nitrogen and oxygen atoms in total. The van der Waals surface area contributed by atoms with E-state index in [-0.39, 0.29) is 6.54 Å². The summed E-state index contributed by atoms with van der Waals surface area (Å²) in [5.74, 6) is 2.22. The van der Waals surface area contributed by atoms with Crippen LogP contribution in [0.15, 0.2) is 27.9 Å². The van der Waals surface area contributed by atoms with Crippen LogP contribution < -0.4 is 10.6 Å². The van der Waals surface area contributed by atoms with Crippen LogP contribution in [0.5, 0.6) is 0 Å². The van der Waals surface area contributed by atoms with E-state index >= 15 is 0 Å². The minimum Gasteiger partial charge on any atom is -0.466 e. The number of aliphatic hydroxyl groups is 1. The summed E-state index contributed by atoms with van der Waals surface area (Å²) in [6, 6.07) is 1.87. The van der Waals surface area contributed by atoms with Crippen LogP contribution in [0.4, 0.5) is 0 Å². The summed E-state index contributed by atoms with van der Waals surface area (Å²) in [7, 11) is 0. The number of hydrogen-bond donors (Lipinski definition) is 3. The Balaban J connectivity index is 1.89.